The first kappa shape index (κ1) is 63.9. The van der Waals surface area contributed by atoms with Gasteiger partial charge < -0.3 is 34.1 Å². The summed E-state index contributed by atoms with van der Waals surface area (Å²) >= 11 is 20.3. The number of nitrogens with two attached hydrogens (primary N) is 1. The summed E-state index contributed by atoms with van der Waals surface area (Å²) in [7, 11) is -19.5. The molecule has 4 aliphatic rings. The molecule has 0 saturated carbocycles. The molecule has 44 heteroatoms. The van der Waals surface area contributed by atoms with Crippen LogP contribution in [0.4, 0.5) is 5.82 Å². The summed E-state index contributed by atoms with van der Waals surface area (Å²) in [5.41, 5.74) is 0.0528. The minimum Gasteiger partial charge on any atom is -0.383 e. The van der Waals surface area contributed by atoms with Crippen molar-refractivity contribution in [3.63, 3.8) is 0 Å². The van der Waals surface area contributed by atoms with E-state index in [1.807, 2.05) is 0 Å². The molecule has 16 atom stereocenters. The van der Waals surface area contributed by atoms with E-state index in [9.17, 15) is 62.9 Å². The van der Waals surface area contributed by atoms with Crippen LogP contribution in [0.1, 0.15) is 50.6 Å². The number of ether oxygens (including phenoxy) is 4. The number of H-pyrrole nitrogens is 3. The molecule has 0 aromatic carbocycles. The number of hydrogen-bond donors (Lipinski definition) is 15. The van der Waals surface area contributed by atoms with Crippen LogP contribution in [-0.2, 0) is 55.1 Å². The van der Waals surface area contributed by atoms with E-state index in [-0.39, 0.29) is 38.1 Å². The summed E-state index contributed by atoms with van der Waals surface area (Å²) in [6, 6.07) is 4.47. The molecule has 0 bridgehead atoms. The number of aromatic nitrogens is 8. The van der Waals surface area contributed by atoms with E-state index in [0.717, 1.165) is 48.9 Å². The molecule has 0 radical (unpaired) electrons. The average Bonchev–Trinajstić information content (AvgIpc) is 4.21. The van der Waals surface area contributed by atoms with Crippen LogP contribution in [-0.4, -0.2) is 143 Å². The van der Waals surface area contributed by atoms with Crippen molar-refractivity contribution >= 4 is 103 Å². The number of nitrogens with one attached hydrogen (secondary N) is 3. The molecule has 34 nitrogen and oxygen atoms in total. The second-order valence-corrected chi connectivity index (χ2v) is 31.0. The molecular weight excluding hydrogens is 1270 g/mol. The molecule has 4 aliphatic heterocycles. The second-order valence-electron chi connectivity index (χ2n) is 17.6. The third-order valence-electron chi connectivity index (χ3n) is 12.0. The van der Waals surface area contributed by atoms with Crippen molar-refractivity contribution in [1.29, 1.82) is 0 Å². The van der Waals surface area contributed by atoms with Crippen molar-refractivity contribution in [2.24, 2.45) is 0 Å². The Morgan fingerprint density at radius 2 is 0.850 bits per heavy atom. The predicted octanol–water partition coefficient (Wildman–Crippen LogP) is -0.227. The minimum absolute atomic E-state index is 0.0761. The fourth-order valence-electron chi connectivity index (χ4n) is 8.59. The third-order valence-corrected chi connectivity index (χ3v) is 18.6. The van der Waals surface area contributed by atoms with E-state index in [1.165, 1.54) is 18.5 Å². The molecule has 4 fully saturated rings. The molecule has 4 saturated heterocycles. The lowest BCUT2D eigenvalue weighted by molar-refractivity contribution is -0.0567. The summed E-state index contributed by atoms with van der Waals surface area (Å²) in [6.45, 7) is -2.30. The topological polar surface area (TPSA) is 458 Å². The fraction of sp³-hybridized carbons (Fsp3) is 0.556. The van der Waals surface area contributed by atoms with Gasteiger partial charge in [-0.2, -0.15) is 61.1 Å². The van der Waals surface area contributed by atoms with Crippen molar-refractivity contribution in [3.8, 4) is 0 Å². The minimum atomic E-state index is -4.41. The smallest absolute Gasteiger partial charge is 0.383 e. The van der Waals surface area contributed by atoms with Gasteiger partial charge in [0.15, 0.2) is 0 Å². The summed E-state index contributed by atoms with van der Waals surface area (Å²) in [4.78, 5) is 161. The second kappa shape index (κ2) is 26.7. The van der Waals surface area contributed by atoms with Gasteiger partial charge in [-0.1, -0.05) is 12.2 Å². The Kier molecular flexibility index (Phi) is 21.3. The highest BCUT2D eigenvalue weighted by molar-refractivity contribution is 8.48. The van der Waals surface area contributed by atoms with Crippen molar-refractivity contribution in [1.82, 2.24) is 38.2 Å². The standard InChI is InChI=1S/C36H48N9O25P5S5/c37-25-1-5-42(33(49)38-25)29-9-17(67-72(54,55)77)22(64-29)14-60-74(57,79)69-19-11-31(44-7-3-27(47)40-35(44)51)66-24(19)16-62-75(58,80)70-20-12-32(45-8-4-28(48)41-36(45)52)65-23(20)15-61-73(56,78)68-18-10-30(63-21(18)13-59-71(53)76)43-6-2-26(46)39-34(43)50/h1-8,17-24,29-32,53-58,76-80H,9-16H2,(H-4,37,38,39,40,41,46,47,48,49,50,51,52)/p+4. The zero-order valence-corrected chi connectivity index (χ0v) is 49.4. The molecule has 0 aliphatic carbocycles. The predicted molar refractivity (Wildman–Crippen MR) is 297 cm³/mol. The average molecular weight is 1330 g/mol. The number of nitrogen functional groups attached to an aromatic ring is 1. The van der Waals surface area contributed by atoms with Crippen LogP contribution in [0.15, 0.2) is 82.6 Å². The molecule has 8 heterocycles. The van der Waals surface area contributed by atoms with Gasteiger partial charge in [-0.15, -0.1) is 0 Å². The van der Waals surface area contributed by atoms with Crippen LogP contribution in [0.2, 0.25) is 0 Å². The highest BCUT2D eigenvalue weighted by Crippen LogP contribution is 2.67. The van der Waals surface area contributed by atoms with Crippen molar-refractivity contribution in [3.05, 3.63) is 122 Å². The van der Waals surface area contributed by atoms with Crippen LogP contribution in [0.3, 0.4) is 0 Å². The van der Waals surface area contributed by atoms with Gasteiger partial charge in [0.1, 0.15) is 99.4 Å². The normalized spacial score (nSPS) is 29.8. The van der Waals surface area contributed by atoms with Crippen molar-refractivity contribution < 1.29 is 84.5 Å². The van der Waals surface area contributed by atoms with Crippen LogP contribution < -0.4 is 45.2 Å². The Labute approximate surface area is 477 Å². The molecular formula is C36H52N9O25P5S5+4. The number of rotatable bonds is 24. The zero-order chi connectivity index (χ0) is 58.1. The van der Waals surface area contributed by atoms with Crippen molar-refractivity contribution in [2.45, 2.75) is 99.4 Å². The lowest BCUT2D eigenvalue weighted by atomic mass is 10.2. The molecule has 16 unspecified atom stereocenters. The van der Waals surface area contributed by atoms with Gasteiger partial charge in [-0.05, 0) is 6.07 Å². The molecule has 4 aromatic heterocycles. The Morgan fingerprint density at radius 3 is 1.16 bits per heavy atom. The zero-order valence-electron chi connectivity index (χ0n) is 40.4. The molecule has 0 spiro atoms. The van der Waals surface area contributed by atoms with Gasteiger partial charge in [-0.3, -0.25) is 47.6 Å². The Bertz CT molecular complexity index is 3240. The van der Waals surface area contributed by atoms with E-state index in [1.54, 1.807) is 0 Å². The van der Waals surface area contributed by atoms with E-state index >= 15 is 0 Å². The summed E-state index contributed by atoms with van der Waals surface area (Å²) < 4.78 is 73.8. The summed E-state index contributed by atoms with van der Waals surface area (Å²) in [6.07, 6.45) is -10.7. The van der Waals surface area contributed by atoms with Crippen LogP contribution in [0.25, 0.3) is 0 Å². The number of thiol groups is 5. The lowest BCUT2D eigenvalue weighted by Crippen LogP contribution is -2.33. The summed E-state index contributed by atoms with van der Waals surface area (Å²) in [5, 5.41) is 0. The molecule has 8 rings (SSSR count). The van der Waals surface area contributed by atoms with Gasteiger partial charge in [-0.25, -0.2) is 19.2 Å². The van der Waals surface area contributed by atoms with Gasteiger partial charge in [0.05, 0.1) is 55.6 Å². The highest BCUT2D eigenvalue weighted by atomic mass is 32.7. The molecule has 80 heavy (non-hydrogen) atoms. The third kappa shape index (κ3) is 17.3. The number of nitrogens with zero attached hydrogens (tertiary/aromatic N) is 5. The van der Waals surface area contributed by atoms with Gasteiger partial charge >= 0.3 is 51.3 Å². The first-order chi connectivity index (χ1) is 37.5. The Hall–Kier alpha value is -2.10. The monoisotopic (exact) mass is 1330 g/mol. The van der Waals surface area contributed by atoms with E-state index in [2.05, 4.69) is 81.2 Å². The first-order valence-corrected chi connectivity index (χ1v) is 36.3. The lowest BCUT2D eigenvalue weighted by Gasteiger charge is -2.23. The number of aromatic amines is 3. The van der Waals surface area contributed by atoms with Crippen LogP contribution >= 0.6 is 97.4 Å². The molecule has 4 aromatic rings. The SMILES string of the molecule is Nc1ccn(C2CC(O[P+](O)(O)S)C(CO[P+](O)(S)OC3CC(n4ccc(=O)[nH]c4=O)OC3CO[P+](O)(S)OC3CC(n4ccc(=O)[nH]c4=O)OC3CO[P+](O)(S)OC3CC(n4ccc(=O)[nH]c4=O)OC3COP(O)S)O2)c(=O)n1. The summed E-state index contributed by atoms with van der Waals surface area (Å²) in [5.74, 6) is -0.0761. The van der Waals surface area contributed by atoms with E-state index < -0.39 is 169 Å². The van der Waals surface area contributed by atoms with Crippen LogP contribution in [0, 0.1) is 0 Å². The number of anilines is 1. The van der Waals surface area contributed by atoms with Gasteiger partial charge in [0, 0.05) is 68.7 Å². The van der Waals surface area contributed by atoms with Crippen molar-refractivity contribution in [2.75, 3.05) is 32.2 Å². The van der Waals surface area contributed by atoms with Gasteiger partial charge in [0.2, 0.25) is 7.58 Å². The quantitative estimate of drug-likeness (QED) is 0.0318. The molecule has 442 valence electrons. The van der Waals surface area contributed by atoms with E-state index in [4.69, 9.17) is 60.9 Å². The highest BCUT2D eigenvalue weighted by Gasteiger charge is 2.56. The Morgan fingerprint density at radius 1 is 0.537 bits per heavy atom. The van der Waals surface area contributed by atoms with Gasteiger partial charge in [0.25, 0.3) is 16.7 Å². The number of hydrogen-bond acceptors (Lipinski definition) is 32. The molecule has 0 amide bonds. The molecule has 11 N–H and O–H groups in total. The first-order valence-electron chi connectivity index (χ1n) is 23.0. The van der Waals surface area contributed by atoms with Crippen LogP contribution in [0.5, 0.6) is 0 Å². The fourth-order valence-corrected chi connectivity index (χ4v) is 14.6. The van der Waals surface area contributed by atoms with E-state index in [0.29, 0.717) is 0 Å². The maximum atomic E-state index is 12.9. The largest absolute Gasteiger partial charge is 0.475 e. The maximum Gasteiger partial charge on any atom is 0.475 e. The maximum absolute atomic E-state index is 12.9. The Balaban J connectivity index is 0.961.